The zero-order chi connectivity index (χ0) is 15.5. The second kappa shape index (κ2) is 6.89. The fourth-order valence-corrected chi connectivity index (χ4v) is 3.31. The van der Waals surface area contributed by atoms with E-state index in [1.54, 1.807) is 0 Å². The van der Waals surface area contributed by atoms with Crippen molar-refractivity contribution < 1.29 is 5.11 Å². The van der Waals surface area contributed by atoms with Crippen LogP contribution >= 0.6 is 11.8 Å². The van der Waals surface area contributed by atoms with Gasteiger partial charge in [0.25, 0.3) is 0 Å². The van der Waals surface area contributed by atoms with Crippen LogP contribution in [0, 0.1) is 0 Å². The first-order valence-corrected chi connectivity index (χ1v) is 8.55. The van der Waals surface area contributed by atoms with Gasteiger partial charge in [-0.1, -0.05) is 48.5 Å². The number of thioether (sulfide) groups is 1. The third kappa shape index (κ3) is 4.44. The molecule has 0 saturated carbocycles. The first-order chi connectivity index (χ1) is 9.19. The molecular weight excluding hydrogens is 264 g/mol. The third-order valence-electron chi connectivity index (χ3n) is 3.83. The Labute approximate surface area is 129 Å². The molecule has 1 aromatic carbocycles. The van der Waals surface area contributed by atoms with Crippen LogP contribution in [0.3, 0.4) is 0 Å². The average Bonchev–Trinajstić information content (AvgIpc) is 2.37. The summed E-state index contributed by atoms with van der Waals surface area (Å²) in [6, 6.07) is 4.25. The second-order valence-corrected chi connectivity index (χ2v) is 8.66. The summed E-state index contributed by atoms with van der Waals surface area (Å²) in [5, 5.41) is 12.7. The smallest absolute Gasteiger partial charge is 0.185 e. The zero-order valence-corrected chi connectivity index (χ0v) is 14.9. The minimum Gasteiger partial charge on any atom is -0.289 e. The van der Waals surface area contributed by atoms with E-state index in [0.717, 1.165) is 24.0 Å². The van der Waals surface area contributed by atoms with Crippen LogP contribution in [0.4, 0.5) is 0 Å². The van der Waals surface area contributed by atoms with Gasteiger partial charge in [-0.3, -0.25) is 5.11 Å². The molecule has 0 heterocycles. The van der Waals surface area contributed by atoms with Crippen LogP contribution in [-0.2, 0) is 5.11 Å². The molecule has 0 spiro atoms. The lowest BCUT2D eigenvalue weighted by molar-refractivity contribution is 0.338. The van der Waals surface area contributed by atoms with Gasteiger partial charge in [0.1, 0.15) is 0 Å². The maximum atomic E-state index is 12.7. The van der Waals surface area contributed by atoms with Crippen molar-refractivity contribution in [1.82, 2.24) is 0 Å². The molecular formula is C18H29OS. The van der Waals surface area contributed by atoms with Gasteiger partial charge < -0.3 is 0 Å². The summed E-state index contributed by atoms with van der Waals surface area (Å²) < 4.78 is 0.170. The molecule has 0 bridgehead atoms. The Balaban J connectivity index is 3.33. The molecule has 0 aliphatic heterocycles. The Morgan fingerprint density at radius 2 is 1.40 bits per heavy atom. The summed E-state index contributed by atoms with van der Waals surface area (Å²) in [6.45, 7) is 15.3. The lowest BCUT2D eigenvalue weighted by Crippen LogP contribution is -2.07. The quantitative estimate of drug-likeness (QED) is 0.550. The van der Waals surface area contributed by atoms with Gasteiger partial charge in [-0.05, 0) is 36.8 Å². The summed E-state index contributed by atoms with van der Waals surface area (Å²) >= 11 is 1.85. The summed E-state index contributed by atoms with van der Waals surface area (Å²) in [6.07, 6.45) is 2.03. The van der Waals surface area contributed by atoms with Gasteiger partial charge in [-0.15, -0.1) is 11.8 Å². The van der Waals surface area contributed by atoms with E-state index >= 15 is 0 Å². The zero-order valence-electron chi connectivity index (χ0n) is 14.0. The van der Waals surface area contributed by atoms with E-state index in [0.29, 0.717) is 11.8 Å². The number of benzene rings is 1. The van der Waals surface area contributed by atoms with Crippen molar-refractivity contribution in [3.05, 3.63) is 23.3 Å². The van der Waals surface area contributed by atoms with Crippen LogP contribution in [0.1, 0.15) is 84.3 Å². The molecule has 0 amide bonds. The highest BCUT2D eigenvalue weighted by Gasteiger charge is 2.21. The van der Waals surface area contributed by atoms with E-state index in [2.05, 4.69) is 60.6 Å². The Hall–Kier alpha value is -0.630. The fourth-order valence-electron chi connectivity index (χ4n) is 2.23. The van der Waals surface area contributed by atoms with E-state index in [1.807, 2.05) is 11.8 Å². The van der Waals surface area contributed by atoms with E-state index in [1.165, 1.54) is 4.90 Å². The molecule has 0 aliphatic rings. The number of hydrogen-bond donors (Lipinski definition) is 0. The lowest BCUT2D eigenvalue weighted by atomic mass is 9.90. The monoisotopic (exact) mass is 293 g/mol. The Morgan fingerprint density at radius 3 is 1.70 bits per heavy atom. The molecule has 2 heteroatoms. The van der Waals surface area contributed by atoms with Gasteiger partial charge in [0, 0.05) is 20.8 Å². The molecule has 1 nitrogen and oxygen atoms in total. The van der Waals surface area contributed by atoms with Crippen molar-refractivity contribution in [1.29, 1.82) is 0 Å². The molecule has 0 aromatic heterocycles. The van der Waals surface area contributed by atoms with Gasteiger partial charge in [0.05, 0.1) is 0 Å². The van der Waals surface area contributed by atoms with Gasteiger partial charge in [0.2, 0.25) is 0 Å². The molecule has 1 aromatic rings. The van der Waals surface area contributed by atoms with Crippen molar-refractivity contribution in [2.24, 2.45) is 0 Å². The minimum absolute atomic E-state index is 0.170. The average molecular weight is 293 g/mol. The van der Waals surface area contributed by atoms with Crippen LogP contribution in [0.15, 0.2) is 17.0 Å². The fraction of sp³-hybridized carbons (Fsp3) is 0.667. The van der Waals surface area contributed by atoms with Gasteiger partial charge in [-0.25, -0.2) is 0 Å². The summed E-state index contributed by atoms with van der Waals surface area (Å²) in [7, 11) is 0. The predicted octanol–water partition coefficient (Wildman–Crippen LogP) is 6.75. The molecule has 0 fully saturated rings. The molecule has 0 aliphatic carbocycles. The molecule has 113 valence electrons. The Morgan fingerprint density at radius 1 is 1.00 bits per heavy atom. The normalized spacial score (nSPS) is 15.2. The molecule has 1 radical (unpaired) electrons. The Kier molecular flexibility index (Phi) is 6.00. The summed E-state index contributed by atoms with van der Waals surface area (Å²) in [5.74, 6) is 0.948. The number of hydrogen-bond acceptors (Lipinski definition) is 1. The first-order valence-electron chi connectivity index (χ1n) is 7.73. The van der Waals surface area contributed by atoms with Crippen molar-refractivity contribution >= 4 is 11.8 Å². The minimum atomic E-state index is 0.170. The van der Waals surface area contributed by atoms with Crippen molar-refractivity contribution in [2.75, 3.05) is 0 Å². The van der Waals surface area contributed by atoms with E-state index < -0.39 is 0 Å². The summed E-state index contributed by atoms with van der Waals surface area (Å²) in [5.41, 5.74) is 1.99. The highest BCUT2D eigenvalue weighted by atomic mass is 32.2. The first kappa shape index (κ1) is 17.4. The molecule has 0 saturated heterocycles. The van der Waals surface area contributed by atoms with Crippen LogP contribution in [-0.4, -0.2) is 4.75 Å². The molecule has 0 N–H and O–H groups in total. The van der Waals surface area contributed by atoms with E-state index in [9.17, 15) is 5.11 Å². The van der Waals surface area contributed by atoms with Gasteiger partial charge >= 0.3 is 0 Å². The maximum absolute atomic E-state index is 12.7. The van der Waals surface area contributed by atoms with Crippen molar-refractivity contribution in [2.45, 2.75) is 82.8 Å². The third-order valence-corrected chi connectivity index (χ3v) is 4.91. The van der Waals surface area contributed by atoms with E-state index in [-0.39, 0.29) is 10.5 Å². The van der Waals surface area contributed by atoms with Crippen LogP contribution in [0.2, 0.25) is 0 Å². The molecule has 20 heavy (non-hydrogen) atoms. The van der Waals surface area contributed by atoms with Crippen LogP contribution in [0.5, 0.6) is 5.75 Å². The van der Waals surface area contributed by atoms with E-state index in [4.69, 9.17) is 0 Å². The lowest BCUT2D eigenvalue weighted by Gasteiger charge is -2.22. The second-order valence-electron chi connectivity index (χ2n) is 6.76. The largest absolute Gasteiger partial charge is 0.289 e. The molecule has 2 unspecified atom stereocenters. The highest BCUT2D eigenvalue weighted by molar-refractivity contribution is 8.00. The van der Waals surface area contributed by atoms with Gasteiger partial charge in [-0.2, -0.15) is 0 Å². The van der Waals surface area contributed by atoms with Crippen LogP contribution < -0.4 is 0 Å². The molecule has 1 rings (SSSR count). The van der Waals surface area contributed by atoms with Crippen molar-refractivity contribution in [3.8, 4) is 5.75 Å². The standard InChI is InChI=1S/C18H29OS/c1-8-12(3)15-10-14(20-18(5,6)7)11-16(17(15)19)13(4)9-2/h10-13H,8-9H2,1-7H3. The summed E-state index contributed by atoms with van der Waals surface area (Å²) in [4.78, 5) is 1.24. The number of rotatable bonds is 5. The SMILES string of the molecule is CCC(C)c1cc(SC(C)(C)C)cc(C(C)CC)c1[O]. The van der Waals surface area contributed by atoms with Gasteiger partial charge in [0.15, 0.2) is 5.75 Å². The highest BCUT2D eigenvalue weighted by Crippen LogP contribution is 2.42. The topological polar surface area (TPSA) is 19.9 Å². The molecule has 2 atom stereocenters. The predicted molar refractivity (Wildman–Crippen MR) is 89.6 cm³/mol. The van der Waals surface area contributed by atoms with Crippen LogP contribution in [0.25, 0.3) is 0 Å². The maximum Gasteiger partial charge on any atom is 0.185 e. The Bertz CT molecular complexity index is 414. The van der Waals surface area contributed by atoms with Crippen molar-refractivity contribution in [3.63, 3.8) is 0 Å².